The van der Waals surface area contributed by atoms with Crippen molar-refractivity contribution in [3.63, 3.8) is 0 Å². The van der Waals surface area contributed by atoms with Crippen molar-refractivity contribution in [1.82, 2.24) is 4.31 Å². The molecule has 0 radical (unpaired) electrons. The van der Waals surface area contributed by atoms with Gasteiger partial charge in [0.15, 0.2) is 11.5 Å². The van der Waals surface area contributed by atoms with E-state index in [4.69, 9.17) is 18.9 Å². The molecule has 2 atom stereocenters. The van der Waals surface area contributed by atoms with Crippen LogP contribution in [0.1, 0.15) is 24.2 Å². The normalized spacial score (nSPS) is 21.7. The summed E-state index contributed by atoms with van der Waals surface area (Å²) in [4.78, 5) is 12.6. The summed E-state index contributed by atoms with van der Waals surface area (Å²) < 4.78 is 48.9. The summed E-state index contributed by atoms with van der Waals surface area (Å²) in [5.41, 5.74) is 0.137. The number of rotatable bonds is 4. The second kappa shape index (κ2) is 7.66. The van der Waals surface area contributed by atoms with E-state index in [0.29, 0.717) is 11.5 Å². The Balaban J connectivity index is 1.54. The van der Waals surface area contributed by atoms with Gasteiger partial charge in [0.2, 0.25) is 16.8 Å². The molecule has 2 heterocycles. The predicted molar refractivity (Wildman–Crippen MR) is 103 cm³/mol. The first-order valence-electron chi connectivity index (χ1n) is 9.20. The number of ether oxygens (including phenoxy) is 4. The predicted octanol–water partition coefficient (Wildman–Crippen LogP) is 2.43. The first kappa shape index (κ1) is 19.7. The summed E-state index contributed by atoms with van der Waals surface area (Å²) in [7, 11) is -3.76. The third-order valence-corrected chi connectivity index (χ3v) is 6.48. The molecule has 1 fully saturated rings. The molecule has 0 amide bonds. The molecule has 0 N–H and O–H groups in total. The maximum absolute atomic E-state index is 13.0. The van der Waals surface area contributed by atoms with Gasteiger partial charge in [0.05, 0.1) is 22.7 Å². The Kier molecular flexibility index (Phi) is 5.20. The highest BCUT2D eigenvalue weighted by atomic mass is 32.2. The van der Waals surface area contributed by atoms with E-state index < -0.39 is 16.0 Å². The van der Waals surface area contributed by atoms with Crippen LogP contribution >= 0.6 is 0 Å². The van der Waals surface area contributed by atoms with Crippen molar-refractivity contribution in [2.75, 3.05) is 19.9 Å². The lowest BCUT2D eigenvalue weighted by molar-refractivity contribution is -0.0440. The molecule has 1 saturated heterocycles. The standard InChI is InChI=1S/C20H21NO7S/c1-13-10-21(11-14(2)27-13)29(23,24)17-5-3-4-15(8-17)20(22)28-16-6-7-18-19(9-16)26-12-25-18/h3-9,13-14H,10-12H2,1-2H3/t13-,14-/m0/s1. The molecule has 9 heteroatoms. The molecule has 29 heavy (non-hydrogen) atoms. The van der Waals surface area contributed by atoms with Crippen LogP contribution in [0, 0.1) is 0 Å². The number of carbonyl (C=O) groups excluding carboxylic acids is 1. The van der Waals surface area contributed by atoms with Gasteiger partial charge in [-0.15, -0.1) is 0 Å². The first-order chi connectivity index (χ1) is 13.8. The van der Waals surface area contributed by atoms with E-state index in [1.54, 1.807) is 18.2 Å². The minimum absolute atomic E-state index is 0.0407. The lowest BCUT2D eigenvalue weighted by Crippen LogP contribution is -2.48. The Morgan fingerprint density at radius 2 is 1.76 bits per heavy atom. The van der Waals surface area contributed by atoms with Crippen LogP contribution in [0.2, 0.25) is 0 Å². The van der Waals surface area contributed by atoms with Gasteiger partial charge in [-0.2, -0.15) is 4.31 Å². The monoisotopic (exact) mass is 419 g/mol. The Morgan fingerprint density at radius 1 is 1.03 bits per heavy atom. The molecule has 2 aromatic rings. The largest absolute Gasteiger partial charge is 0.454 e. The van der Waals surface area contributed by atoms with E-state index in [9.17, 15) is 13.2 Å². The Morgan fingerprint density at radius 3 is 2.52 bits per heavy atom. The second-order valence-electron chi connectivity index (χ2n) is 7.01. The Hall–Kier alpha value is -2.62. The molecule has 154 valence electrons. The van der Waals surface area contributed by atoms with Gasteiger partial charge in [-0.05, 0) is 44.2 Å². The van der Waals surface area contributed by atoms with Gasteiger partial charge in [0, 0.05) is 19.2 Å². The molecular formula is C20H21NO7S. The number of hydrogen-bond donors (Lipinski definition) is 0. The van der Waals surface area contributed by atoms with Gasteiger partial charge < -0.3 is 18.9 Å². The van der Waals surface area contributed by atoms with Crippen molar-refractivity contribution in [2.24, 2.45) is 0 Å². The summed E-state index contributed by atoms with van der Waals surface area (Å²) in [6.45, 7) is 4.30. The van der Waals surface area contributed by atoms with Crippen molar-refractivity contribution >= 4 is 16.0 Å². The molecule has 4 rings (SSSR count). The van der Waals surface area contributed by atoms with E-state index in [1.165, 1.54) is 28.6 Å². The van der Waals surface area contributed by atoms with Crippen LogP contribution in [0.15, 0.2) is 47.4 Å². The van der Waals surface area contributed by atoms with Gasteiger partial charge >= 0.3 is 5.97 Å². The fourth-order valence-corrected chi connectivity index (χ4v) is 5.00. The van der Waals surface area contributed by atoms with Crippen LogP contribution in [-0.2, 0) is 14.8 Å². The minimum atomic E-state index is -3.76. The summed E-state index contributed by atoms with van der Waals surface area (Å²) >= 11 is 0. The highest BCUT2D eigenvalue weighted by molar-refractivity contribution is 7.89. The van der Waals surface area contributed by atoms with Crippen LogP contribution in [0.4, 0.5) is 0 Å². The Labute approximate surface area is 169 Å². The number of hydrogen-bond acceptors (Lipinski definition) is 7. The molecule has 2 aromatic carbocycles. The number of nitrogens with zero attached hydrogens (tertiary/aromatic N) is 1. The number of benzene rings is 2. The van der Waals surface area contributed by atoms with Crippen molar-refractivity contribution in [2.45, 2.75) is 31.0 Å². The fraction of sp³-hybridized carbons (Fsp3) is 0.350. The van der Waals surface area contributed by atoms with Gasteiger partial charge in [-0.3, -0.25) is 0 Å². The summed E-state index contributed by atoms with van der Waals surface area (Å²) in [5, 5.41) is 0. The minimum Gasteiger partial charge on any atom is -0.454 e. The van der Waals surface area contributed by atoms with Crippen LogP contribution in [0.5, 0.6) is 17.2 Å². The van der Waals surface area contributed by atoms with E-state index in [-0.39, 0.29) is 48.3 Å². The highest BCUT2D eigenvalue weighted by Crippen LogP contribution is 2.35. The van der Waals surface area contributed by atoms with Gasteiger partial charge in [0.1, 0.15) is 5.75 Å². The number of carbonyl (C=O) groups is 1. The molecule has 8 nitrogen and oxygen atoms in total. The van der Waals surface area contributed by atoms with Crippen LogP contribution in [0.25, 0.3) is 0 Å². The molecule has 0 spiro atoms. The van der Waals surface area contributed by atoms with Gasteiger partial charge in [0.25, 0.3) is 0 Å². The number of fused-ring (bicyclic) bond motifs is 1. The molecule has 0 bridgehead atoms. The average Bonchev–Trinajstić information content (AvgIpc) is 3.15. The maximum atomic E-state index is 13.0. The third-order valence-electron chi connectivity index (χ3n) is 4.65. The number of sulfonamides is 1. The lowest BCUT2D eigenvalue weighted by Gasteiger charge is -2.34. The zero-order valence-electron chi connectivity index (χ0n) is 16.0. The zero-order valence-corrected chi connectivity index (χ0v) is 16.8. The molecule has 0 aromatic heterocycles. The van der Waals surface area contributed by atoms with E-state index in [1.807, 2.05) is 13.8 Å². The van der Waals surface area contributed by atoms with Crippen molar-refractivity contribution < 1.29 is 32.2 Å². The SMILES string of the molecule is C[C@H]1CN(S(=O)(=O)c2cccc(C(=O)Oc3ccc4c(c3)OCO4)c2)C[C@H](C)O1. The van der Waals surface area contributed by atoms with Crippen LogP contribution < -0.4 is 14.2 Å². The van der Waals surface area contributed by atoms with E-state index >= 15 is 0 Å². The molecule has 2 aliphatic rings. The smallest absolute Gasteiger partial charge is 0.343 e. The number of morpholine rings is 1. The molecule has 0 saturated carbocycles. The second-order valence-corrected chi connectivity index (χ2v) is 8.95. The first-order valence-corrected chi connectivity index (χ1v) is 10.6. The topological polar surface area (TPSA) is 91.4 Å². The van der Waals surface area contributed by atoms with E-state index in [2.05, 4.69) is 0 Å². The lowest BCUT2D eigenvalue weighted by atomic mass is 10.2. The molecule has 0 aliphatic carbocycles. The third kappa shape index (κ3) is 4.07. The molecular weight excluding hydrogens is 398 g/mol. The molecule has 0 unspecified atom stereocenters. The summed E-state index contributed by atoms with van der Waals surface area (Å²) in [5.74, 6) is 0.682. The summed E-state index contributed by atoms with van der Waals surface area (Å²) in [6.07, 6.45) is -0.402. The maximum Gasteiger partial charge on any atom is 0.343 e. The zero-order chi connectivity index (χ0) is 20.6. The van der Waals surface area contributed by atoms with Crippen molar-refractivity contribution in [3.8, 4) is 17.2 Å². The van der Waals surface area contributed by atoms with Crippen molar-refractivity contribution in [1.29, 1.82) is 0 Å². The Bertz CT molecular complexity index is 1030. The average molecular weight is 419 g/mol. The highest BCUT2D eigenvalue weighted by Gasteiger charge is 2.32. The van der Waals surface area contributed by atoms with Crippen LogP contribution in [0.3, 0.4) is 0 Å². The molecule has 2 aliphatic heterocycles. The fourth-order valence-electron chi connectivity index (χ4n) is 3.37. The summed E-state index contributed by atoms with van der Waals surface area (Å²) in [6, 6.07) is 10.6. The van der Waals surface area contributed by atoms with Crippen LogP contribution in [-0.4, -0.2) is 50.8 Å². The van der Waals surface area contributed by atoms with Gasteiger partial charge in [-0.1, -0.05) is 6.07 Å². The van der Waals surface area contributed by atoms with Gasteiger partial charge in [-0.25, -0.2) is 13.2 Å². The van der Waals surface area contributed by atoms with E-state index in [0.717, 1.165) is 0 Å². The quantitative estimate of drug-likeness (QED) is 0.555. The number of esters is 1. The van der Waals surface area contributed by atoms with Crippen molar-refractivity contribution in [3.05, 3.63) is 48.0 Å².